The average molecular weight is 594 g/mol. The summed E-state index contributed by atoms with van der Waals surface area (Å²) in [6.45, 7) is 4.82. The first kappa shape index (κ1) is 29.6. The first-order chi connectivity index (χ1) is 20.4. The standard InChI is InChI=1S/C31H33F2N5O3S/c32-29(33)31-35-34-30(41-31)27-15-13-26(14-16-27)24-38(28-11-5-2-6-12-28)42(39,40)23-22-37-20-18-36(19-21-37)17-7-10-25-8-3-1-4-9-25/h1-16,29H,17-24H2. The molecule has 0 N–H and O–H groups in total. The van der Waals surface area contributed by atoms with Gasteiger partial charge in [0, 0.05) is 44.8 Å². The Morgan fingerprint density at radius 3 is 2.14 bits per heavy atom. The number of benzene rings is 3. The van der Waals surface area contributed by atoms with Gasteiger partial charge in [-0.2, -0.15) is 8.78 Å². The Morgan fingerprint density at radius 2 is 1.50 bits per heavy atom. The zero-order chi connectivity index (χ0) is 29.4. The summed E-state index contributed by atoms with van der Waals surface area (Å²) in [5.41, 5.74) is 2.96. The number of sulfonamides is 1. The highest BCUT2D eigenvalue weighted by Crippen LogP contribution is 2.25. The van der Waals surface area contributed by atoms with Gasteiger partial charge in [-0.25, -0.2) is 8.42 Å². The molecule has 1 aliphatic rings. The highest BCUT2D eigenvalue weighted by atomic mass is 32.2. The van der Waals surface area contributed by atoms with Gasteiger partial charge in [-0.15, -0.1) is 10.2 Å². The molecule has 1 fully saturated rings. The topological polar surface area (TPSA) is 82.8 Å². The quantitative estimate of drug-likeness (QED) is 0.219. The number of rotatable bonds is 12. The fourth-order valence-corrected chi connectivity index (χ4v) is 6.25. The molecule has 0 saturated carbocycles. The fraction of sp³-hybridized carbons (Fsp3) is 0.290. The molecule has 1 aromatic heterocycles. The average Bonchev–Trinajstić information content (AvgIpc) is 3.52. The van der Waals surface area contributed by atoms with Crippen molar-refractivity contribution in [1.29, 1.82) is 0 Å². The van der Waals surface area contributed by atoms with Gasteiger partial charge < -0.3 is 4.42 Å². The van der Waals surface area contributed by atoms with Crippen LogP contribution in [0.1, 0.15) is 23.4 Å². The van der Waals surface area contributed by atoms with E-state index in [1.807, 2.05) is 36.4 Å². The SMILES string of the molecule is O=S(=O)(CCN1CCN(CC=Cc2ccccc2)CC1)N(Cc1ccc(-c2nnc(C(F)F)o2)cc1)c1ccccc1. The number of anilines is 1. The van der Waals surface area contributed by atoms with Crippen molar-refractivity contribution in [2.75, 3.05) is 49.3 Å². The molecular formula is C31H33F2N5O3S. The molecule has 8 nitrogen and oxygen atoms in total. The fourth-order valence-electron chi connectivity index (χ4n) is 4.75. The van der Waals surface area contributed by atoms with Crippen LogP contribution in [-0.2, 0) is 16.6 Å². The zero-order valence-corrected chi connectivity index (χ0v) is 23.9. The van der Waals surface area contributed by atoms with E-state index < -0.39 is 22.3 Å². The molecule has 0 spiro atoms. The molecule has 0 atom stereocenters. The Bertz CT molecular complexity index is 1540. The van der Waals surface area contributed by atoms with Crippen molar-refractivity contribution in [2.45, 2.75) is 13.0 Å². The second kappa shape index (κ2) is 13.8. The van der Waals surface area contributed by atoms with Crippen molar-refractivity contribution in [2.24, 2.45) is 0 Å². The highest BCUT2D eigenvalue weighted by molar-refractivity contribution is 7.92. The number of hydrogen-bond donors (Lipinski definition) is 0. The first-order valence-corrected chi connectivity index (χ1v) is 15.4. The van der Waals surface area contributed by atoms with Crippen molar-refractivity contribution in [3.8, 4) is 11.5 Å². The molecule has 0 radical (unpaired) electrons. The van der Waals surface area contributed by atoms with Crippen LogP contribution in [0.4, 0.5) is 14.5 Å². The van der Waals surface area contributed by atoms with Gasteiger partial charge in [0.1, 0.15) is 0 Å². The minimum absolute atomic E-state index is 0.00766. The predicted octanol–water partition coefficient (Wildman–Crippen LogP) is 5.34. The number of piperazine rings is 1. The molecule has 3 aromatic carbocycles. The molecule has 0 aliphatic carbocycles. The van der Waals surface area contributed by atoms with Crippen molar-refractivity contribution in [1.82, 2.24) is 20.0 Å². The molecule has 1 saturated heterocycles. The van der Waals surface area contributed by atoms with Gasteiger partial charge in [-0.05, 0) is 35.4 Å². The van der Waals surface area contributed by atoms with E-state index in [0.717, 1.165) is 38.3 Å². The monoisotopic (exact) mass is 593 g/mol. The minimum Gasteiger partial charge on any atom is -0.415 e. The van der Waals surface area contributed by atoms with Crippen molar-refractivity contribution >= 4 is 21.8 Å². The van der Waals surface area contributed by atoms with E-state index in [-0.39, 0.29) is 18.2 Å². The summed E-state index contributed by atoms with van der Waals surface area (Å²) in [4.78, 5) is 4.57. The second-order valence-electron chi connectivity index (χ2n) is 10.1. The van der Waals surface area contributed by atoms with Crippen LogP contribution in [0.25, 0.3) is 17.5 Å². The van der Waals surface area contributed by atoms with E-state index >= 15 is 0 Å². The summed E-state index contributed by atoms with van der Waals surface area (Å²) in [5, 5.41) is 7.03. The normalized spacial score (nSPS) is 15.0. The number of para-hydroxylation sites is 1. The predicted molar refractivity (Wildman–Crippen MR) is 159 cm³/mol. The van der Waals surface area contributed by atoms with E-state index in [0.29, 0.717) is 17.8 Å². The van der Waals surface area contributed by atoms with Gasteiger partial charge in [0.25, 0.3) is 5.89 Å². The van der Waals surface area contributed by atoms with Crippen LogP contribution in [0.5, 0.6) is 0 Å². The van der Waals surface area contributed by atoms with Gasteiger partial charge >= 0.3 is 6.43 Å². The lowest BCUT2D eigenvalue weighted by Gasteiger charge is -2.34. The summed E-state index contributed by atoms with van der Waals surface area (Å²) in [5.74, 6) is -0.764. The van der Waals surface area contributed by atoms with E-state index in [2.05, 4.69) is 44.3 Å². The molecule has 11 heteroatoms. The number of nitrogens with zero attached hydrogens (tertiary/aromatic N) is 5. The number of alkyl halides is 2. The maximum Gasteiger partial charge on any atom is 0.314 e. The Hall–Kier alpha value is -3.93. The Morgan fingerprint density at radius 1 is 0.857 bits per heavy atom. The first-order valence-electron chi connectivity index (χ1n) is 13.8. The Labute approximate surface area is 244 Å². The molecule has 0 amide bonds. The third kappa shape index (κ3) is 7.87. The summed E-state index contributed by atoms with van der Waals surface area (Å²) >= 11 is 0. The lowest BCUT2D eigenvalue weighted by Crippen LogP contribution is -2.48. The van der Waals surface area contributed by atoms with Crippen LogP contribution < -0.4 is 4.31 Å². The molecule has 220 valence electrons. The van der Waals surface area contributed by atoms with Crippen LogP contribution in [0.3, 0.4) is 0 Å². The molecular weight excluding hydrogens is 560 g/mol. The molecule has 5 rings (SSSR count). The van der Waals surface area contributed by atoms with E-state index in [9.17, 15) is 17.2 Å². The van der Waals surface area contributed by atoms with Crippen molar-refractivity contribution in [3.63, 3.8) is 0 Å². The molecule has 42 heavy (non-hydrogen) atoms. The van der Waals surface area contributed by atoms with Gasteiger partial charge in [0.2, 0.25) is 15.9 Å². The summed E-state index contributed by atoms with van der Waals surface area (Å²) in [7, 11) is -3.66. The smallest absolute Gasteiger partial charge is 0.314 e. The van der Waals surface area contributed by atoms with Crippen LogP contribution in [0.2, 0.25) is 0 Å². The third-order valence-electron chi connectivity index (χ3n) is 7.14. The van der Waals surface area contributed by atoms with E-state index in [1.54, 1.807) is 36.4 Å². The Balaban J connectivity index is 1.18. The van der Waals surface area contributed by atoms with Crippen LogP contribution in [0, 0.1) is 0 Å². The lowest BCUT2D eigenvalue weighted by atomic mass is 10.1. The third-order valence-corrected chi connectivity index (χ3v) is 8.85. The van der Waals surface area contributed by atoms with Crippen LogP contribution in [0.15, 0.2) is 95.4 Å². The van der Waals surface area contributed by atoms with E-state index in [4.69, 9.17) is 4.42 Å². The van der Waals surface area contributed by atoms with Crippen LogP contribution >= 0.6 is 0 Å². The molecule has 2 heterocycles. The lowest BCUT2D eigenvalue weighted by molar-refractivity contribution is 0.116. The Kier molecular flexibility index (Phi) is 9.73. The summed E-state index contributed by atoms with van der Waals surface area (Å²) in [6.07, 6.45) is 1.45. The second-order valence-corrected chi connectivity index (χ2v) is 12.1. The van der Waals surface area contributed by atoms with Gasteiger partial charge in [0.05, 0.1) is 18.0 Å². The van der Waals surface area contributed by atoms with Gasteiger partial charge in [-0.3, -0.25) is 14.1 Å². The largest absolute Gasteiger partial charge is 0.415 e. The zero-order valence-electron chi connectivity index (χ0n) is 23.1. The summed E-state index contributed by atoms with van der Waals surface area (Å²) in [6, 6.07) is 26.0. The maximum absolute atomic E-state index is 13.6. The molecule has 0 bridgehead atoms. The van der Waals surface area contributed by atoms with Gasteiger partial charge in [-0.1, -0.05) is 72.8 Å². The number of halogens is 2. The molecule has 1 aliphatic heterocycles. The van der Waals surface area contributed by atoms with Crippen molar-refractivity contribution < 1.29 is 21.6 Å². The maximum atomic E-state index is 13.6. The van der Waals surface area contributed by atoms with E-state index in [1.165, 1.54) is 9.87 Å². The van der Waals surface area contributed by atoms with Crippen molar-refractivity contribution in [3.05, 3.63) is 108 Å². The number of hydrogen-bond acceptors (Lipinski definition) is 7. The summed E-state index contributed by atoms with van der Waals surface area (Å²) < 4.78 is 59.4. The van der Waals surface area contributed by atoms with Gasteiger partial charge in [0.15, 0.2) is 0 Å². The molecule has 0 unspecified atom stereocenters. The highest BCUT2D eigenvalue weighted by Gasteiger charge is 2.25. The number of aromatic nitrogens is 2. The molecule has 4 aromatic rings. The minimum atomic E-state index is -3.66. The van der Waals surface area contributed by atoms with Crippen LogP contribution in [-0.4, -0.2) is 73.4 Å².